The lowest BCUT2D eigenvalue weighted by Gasteiger charge is -2.09. The number of aryl methyl sites for hydroxylation is 1. The third kappa shape index (κ3) is 4.84. The smallest absolute Gasteiger partial charge is 0.310 e. The third-order valence-corrected chi connectivity index (χ3v) is 4.25. The normalized spacial score (nSPS) is 10.5. The van der Waals surface area contributed by atoms with Gasteiger partial charge in [-0.3, -0.25) is 4.79 Å². The van der Waals surface area contributed by atoms with E-state index in [4.69, 9.17) is 23.5 Å². The van der Waals surface area contributed by atoms with Gasteiger partial charge in [0.2, 0.25) is 5.82 Å². The molecule has 0 amide bonds. The van der Waals surface area contributed by atoms with Crippen molar-refractivity contribution in [2.75, 3.05) is 21.3 Å². The van der Waals surface area contributed by atoms with Gasteiger partial charge in [-0.05, 0) is 25.1 Å². The second-order valence-corrected chi connectivity index (χ2v) is 6.23. The summed E-state index contributed by atoms with van der Waals surface area (Å²) in [5.41, 5.74) is 2.43. The van der Waals surface area contributed by atoms with E-state index < -0.39 is 5.97 Å². The van der Waals surface area contributed by atoms with Crippen LogP contribution in [0.25, 0.3) is 11.4 Å². The molecule has 3 aromatic rings. The quantitative estimate of drug-likeness (QED) is 0.533. The highest BCUT2D eigenvalue weighted by atomic mass is 16.6. The van der Waals surface area contributed by atoms with E-state index in [1.165, 1.54) is 0 Å². The summed E-state index contributed by atoms with van der Waals surface area (Å²) in [5.74, 6) is 1.92. The Labute approximate surface area is 168 Å². The molecule has 0 spiro atoms. The number of benzene rings is 2. The molecule has 8 nitrogen and oxygen atoms in total. The number of hydrogen-bond donors (Lipinski definition) is 0. The minimum absolute atomic E-state index is 0.0815. The molecular weight excluding hydrogens is 376 g/mol. The number of carbonyl (C=O) groups excluding carboxylic acids is 1. The zero-order valence-electron chi connectivity index (χ0n) is 16.7. The van der Waals surface area contributed by atoms with E-state index in [1.807, 2.05) is 25.1 Å². The first-order valence-electron chi connectivity index (χ1n) is 8.88. The topological polar surface area (TPSA) is 92.9 Å². The summed E-state index contributed by atoms with van der Waals surface area (Å²) in [7, 11) is 4.68. The van der Waals surface area contributed by atoms with Crippen molar-refractivity contribution in [3.8, 4) is 28.6 Å². The van der Waals surface area contributed by atoms with Crippen LogP contribution in [0.4, 0.5) is 0 Å². The zero-order chi connectivity index (χ0) is 20.8. The molecule has 0 fully saturated rings. The SMILES string of the molecule is COc1ccc(-c2noc(COC(=O)Cc3cc(C)ccc3OC)n2)c(OC)c1. The second-order valence-electron chi connectivity index (χ2n) is 6.23. The first kappa shape index (κ1) is 20.2. The van der Waals surface area contributed by atoms with Crippen molar-refractivity contribution in [1.29, 1.82) is 0 Å². The molecule has 0 bridgehead atoms. The Hall–Kier alpha value is -3.55. The number of rotatable bonds is 8. The molecule has 8 heteroatoms. The summed E-state index contributed by atoms with van der Waals surface area (Å²) in [6.07, 6.45) is 0.0815. The summed E-state index contributed by atoms with van der Waals surface area (Å²) in [4.78, 5) is 16.5. The lowest BCUT2D eigenvalue weighted by molar-refractivity contribution is -0.144. The van der Waals surface area contributed by atoms with Gasteiger partial charge in [-0.15, -0.1) is 0 Å². The van der Waals surface area contributed by atoms with Gasteiger partial charge >= 0.3 is 5.97 Å². The molecule has 152 valence electrons. The average Bonchev–Trinajstić information content (AvgIpc) is 3.20. The molecule has 0 aliphatic heterocycles. The molecule has 29 heavy (non-hydrogen) atoms. The lowest BCUT2D eigenvalue weighted by Crippen LogP contribution is -2.09. The van der Waals surface area contributed by atoms with Crippen molar-refractivity contribution in [3.05, 3.63) is 53.4 Å². The fourth-order valence-corrected chi connectivity index (χ4v) is 2.80. The van der Waals surface area contributed by atoms with Crippen molar-refractivity contribution < 1.29 is 28.3 Å². The van der Waals surface area contributed by atoms with E-state index in [0.717, 1.165) is 11.1 Å². The van der Waals surface area contributed by atoms with Crippen LogP contribution in [-0.4, -0.2) is 37.4 Å². The maximum absolute atomic E-state index is 12.2. The molecule has 0 atom stereocenters. The summed E-state index contributed by atoms with van der Waals surface area (Å²) >= 11 is 0. The van der Waals surface area contributed by atoms with E-state index in [-0.39, 0.29) is 18.9 Å². The van der Waals surface area contributed by atoms with Crippen LogP contribution in [0.5, 0.6) is 17.2 Å². The molecule has 3 rings (SSSR count). The van der Waals surface area contributed by atoms with Gasteiger partial charge in [-0.2, -0.15) is 4.98 Å². The highest BCUT2D eigenvalue weighted by Crippen LogP contribution is 2.31. The Morgan fingerprint density at radius 3 is 2.52 bits per heavy atom. The maximum Gasteiger partial charge on any atom is 0.310 e. The first-order valence-corrected chi connectivity index (χ1v) is 8.88. The first-order chi connectivity index (χ1) is 14.0. The summed E-state index contributed by atoms with van der Waals surface area (Å²) in [5, 5.41) is 3.93. The molecule has 0 aliphatic rings. The Bertz CT molecular complexity index is 999. The predicted octanol–water partition coefficient (Wildman–Crippen LogP) is 3.36. The molecule has 1 heterocycles. The van der Waals surface area contributed by atoms with Gasteiger partial charge in [0.25, 0.3) is 5.89 Å². The van der Waals surface area contributed by atoms with Crippen LogP contribution in [0.2, 0.25) is 0 Å². The molecule has 1 aromatic heterocycles. The van der Waals surface area contributed by atoms with Gasteiger partial charge in [-0.1, -0.05) is 22.9 Å². The van der Waals surface area contributed by atoms with Crippen LogP contribution < -0.4 is 14.2 Å². The number of ether oxygens (including phenoxy) is 4. The van der Waals surface area contributed by atoms with Crippen LogP contribution in [0.3, 0.4) is 0 Å². The van der Waals surface area contributed by atoms with Crippen LogP contribution in [0.1, 0.15) is 17.0 Å². The van der Waals surface area contributed by atoms with Crippen LogP contribution in [0, 0.1) is 6.92 Å². The molecule has 0 radical (unpaired) electrons. The summed E-state index contributed by atoms with van der Waals surface area (Å²) < 4.78 is 26.3. The van der Waals surface area contributed by atoms with Crippen LogP contribution in [-0.2, 0) is 22.6 Å². The fraction of sp³-hybridized carbons (Fsp3) is 0.286. The second kappa shape index (κ2) is 9.09. The highest BCUT2D eigenvalue weighted by molar-refractivity contribution is 5.73. The van der Waals surface area contributed by atoms with Gasteiger partial charge in [0, 0.05) is 11.6 Å². The van der Waals surface area contributed by atoms with Gasteiger partial charge in [0.15, 0.2) is 6.61 Å². The van der Waals surface area contributed by atoms with E-state index >= 15 is 0 Å². The number of methoxy groups -OCH3 is 3. The van der Waals surface area contributed by atoms with Crippen molar-refractivity contribution in [3.63, 3.8) is 0 Å². The molecular formula is C21H22N2O6. The number of aromatic nitrogens is 2. The fourth-order valence-electron chi connectivity index (χ4n) is 2.80. The van der Waals surface area contributed by atoms with Gasteiger partial charge in [-0.25, -0.2) is 0 Å². The predicted molar refractivity (Wildman–Crippen MR) is 104 cm³/mol. The lowest BCUT2D eigenvalue weighted by atomic mass is 10.1. The number of carbonyl (C=O) groups is 1. The van der Waals surface area contributed by atoms with Crippen LogP contribution in [0.15, 0.2) is 40.9 Å². The van der Waals surface area contributed by atoms with Gasteiger partial charge in [0.05, 0.1) is 33.3 Å². The third-order valence-electron chi connectivity index (χ3n) is 4.25. The molecule has 0 N–H and O–H groups in total. The molecule has 0 unspecified atom stereocenters. The largest absolute Gasteiger partial charge is 0.497 e. The minimum Gasteiger partial charge on any atom is -0.497 e. The molecule has 0 aliphatic carbocycles. The Morgan fingerprint density at radius 2 is 1.79 bits per heavy atom. The molecule has 0 saturated heterocycles. The van der Waals surface area contributed by atoms with Crippen molar-refractivity contribution in [1.82, 2.24) is 10.1 Å². The van der Waals surface area contributed by atoms with Gasteiger partial charge in [0.1, 0.15) is 17.2 Å². The number of hydrogen-bond acceptors (Lipinski definition) is 8. The van der Waals surface area contributed by atoms with E-state index in [9.17, 15) is 4.79 Å². The maximum atomic E-state index is 12.2. The average molecular weight is 398 g/mol. The van der Waals surface area contributed by atoms with E-state index in [1.54, 1.807) is 39.5 Å². The Kier molecular flexibility index (Phi) is 6.33. The van der Waals surface area contributed by atoms with Crippen molar-refractivity contribution >= 4 is 5.97 Å². The molecule has 2 aromatic carbocycles. The Morgan fingerprint density at radius 1 is 1.00 bits per heavy atom. The Balaban J connectivity index is 1.65. The summed E-state index contributed by atoms with van der Waals surface area (Å²) in [6.45, 7) is 1.82. The highest BCUT2D eigenvalue weighted by Gasteiger charge is 2.16. The van der Waals surface area contributed by atoms with Crippen LogP contribution >= 0.6 is 0 Å². The number of esters is 1. The standard InChI is InChI=1S/C21H22N2O6/c1-13-5-8-17(26-3)14(9-13)10-20(24)28-12-19-22-21(23-29-19)16-7-6-15(25-2)11-18(16)27-4/h5-9,11H,10,12H2,1-4H3. The summed E-state index contributed by atoms with van der Waals surface area (Å²) in [6, 6.07) is 10.9. The van der Waals surface area contributed by atoms with E-state index in [0.29, 0.717) is 28.6 Å². The van der Waals surface area contributed by atoms with E-state index in [2.05, 4.69) is 10.1 Å². The molecule has 0 saturated carbocycles. The van der Waals surface area contributed by atoms with Crippen molar-refractivity contribution in [2.24, 2.45) is 0 Å². The number of nitrogens with zero attached hydrogens (tertiary/aromatic N) is 2. The zero-order valence-corrected chi connectivity index (χ0v) is 16.7. The minimum atomic E-state index is -0.421. The van der Waals surface area contributed by atoms with Gasteiger partial charge < -0.3 is 23.5 Å². The monoisotopic (exact) mass is 398 g/mol. The van der Waals surface area contributed by atoms with Crippen molar-refractivity contribution in [2.45, 2.75) is 20.0 Å².